The maximum Gasteiger partial charge on any atom is 0.253 e. The Bertz CT molecular complexity index is 763. The van der Waals surface area contributed by atoms with E-state index >= 15 is 0 Å². The van der Waals surface area contributed by atoms with E-state index in [0.717, 1.165) is 23.5 Å². The standard InChI is InChI=1S/C17H17N3O2S/c1-11-18-13(10-23-11)8-9-16(21)20-15-5-3-2-4-14(15)17(22)19-12-6-7-12/h2-5,8-10,12H,6-7H2,1H3,(H,19,22)(H,20,21)/b9-8+. The molecule has 0 unspecified atom stereocenters. The Kier molecular flexibility index (Phi) is 4.52. The molecule has 0 radical (unpaired) electrons. The zero-order valence-corrected chi connectivity index (χ0v) is 13.5. The van der Waals surface area contributed by atoms with Crippen molar-refractivity contribution < 1.29 is 9.59 Å². The minimum absolute atomic E-state index is 0.150. The van der Waals surface area contributed by atoms with Crippen LogP contribution in [0.3, 0.4) is 0 Å². The van der Waals surface area contributed by atoms with Gasteiger partial charge in [-0.2, -0.15) is 0 Å². The van der Waals surface area contributed by atoms with Gasteiger partial charge in [-0.25, -0.2) is 4.98 Å². The van der Waals surface area contributed by atoms with Crippen molar-refractivity contribution in [3.8, 4) is 0 Å². The van der Waals surface area contributed by atoms with Gasteiger partial charge in [0.15, 0.2) is 0 Å². The van der Waals surface area contributed by atoms with E-state index < -0.39 is 0 Å². The minimum atomic E-state index is -0.290. The number of nitrogens with zero attached hydrogens (tertiary/aromatic N) is 1. The number of anilines is 1. The van der Waals surface area contributed by atoms with Crippen LogP contribution in [0.4, 0.5) is 5.69 Å². The van der Waals surface area contributed by atoms with Crippen LogP contribution in [0.15, 0.2) is 35.7 Å². The van der Waals surface area contributed by atoms with Crippen LogP contribution in [0.1, 0.15) is 33.9 Å². The number of aromatic nitrogens is 1. The number of thiazole rings is 1. The highest BCUT2D eigenvalue weighted by Crippen LogP contribution is 2.21. The fourth-order valence-corrected chi connectivity index (χ4v) is 2.65. The summed E-state index contributed by atoms with van der Waals surface area (Å²) in [5.74, 6) is -0.440. The molecule has 23 heavy (non-hydrogen) atoms. The summed E-state index contributed by atoms with van der Waals surface area (Å²) in [4.78, 5) is 28.5. The topological polar surface area (TPSA) is 71.1 Å². The number of rotatable bonds is 5. The molecule has 1 aromatic carbocycles. The van der Waals surface area contributed by atoms with Crippen molar-refractivity contribution in [3.05, 3.63) is 52.0 Å². The van der Waals surface area contributed by atoms with E-state index in [1.54, 1.807) is 30.3 Å². The van der Waals surface area contributed by atoms with E-state index in [-0.39, 0.29) is 17.9 Å². The Hall–Kier alpha value is -2.47. The normalized spacial score (nSPS) is 14.0. The molecule has 1 aliphatic carbocycles. The third-order valence-corrected chi connectivity index (χ3v) is 4.18. The maximum atomic E-state index is 12.2. The molecule has 0 aliphatic heterocycles. The van der Waals surface area contributed by atoms with Crippen molar-refractivity contribution in [1.29, 1.82) is 0 Å². The average molecular weight is 327 g/mol. The van der Waals surface area contributed by atoms with E-state index in [9.17, 15) is 9.59 Å². The molecule has 0 saturated heterocycles. The Morgan fingerprint density at radius 1 is 1.30 bits per heavy atom. The first-order valence-corrected chi connectivity index (χ1v) is 8.31. The fraction of sp³-hybridized carbons (Fsp3) is 0.235. The van der Waals surface area contributed by atoms with Crippen molar-refractivity contribution in [2.45, 2.75) is 25.8 Å². The summed E-state index contributed by atoms with van der Waals surface area (Å²) in [6.07, 6.45) is 5.13. The van der Waals surface area contributed by atoms with Gasteiger partial charge >= 0.3 is 0 Å². The Balaban J connectivity index is 1.68. The lowest BCUT2D eigenvalue weighted by atomic mass is 10.1. The third-order valence-electron chi connectivity index (χ3n) is 3.38. The first kappa shape index (κ1) is 15.4. The maximum absolute atomic E-state index is 12.2. The van der Waals surface area contributed by atoms with E-state index in [1.165, 1.54) is 17.4 Å². The van der Waals surface area contributed by atoms with Gasteiger partial charge in [0.2, 0.25) is 5.91 Å². The predicted octanol–water partition coefficient (Wildman–Crippen LogP) is 3.00. The molecule has 2 aromatic rings. The lowest BCUT2D eigenvalue weighted by Gasteiger charge is -2.09. The highest BCUT2D eigenvalue weighted by molar-refractivity contribution is 7.09. The van der Waals surface area contributed by atoms with Crippen molar-refractivity contribution >= 4 is 34.9 Å². The van der Waals surface area contributed by atoms with Crippen LogP contribution in [0, 0.1) is 6.92 Å². The molecular formula is C17H17N3O2S. The molecule has 5 nitrogen and oxygen atoms in total. The van der Waals surface area contributed by atoms with Crippen molar-refractivity contribution in [1.82, 2.24) is 10.3 Å². The molecule has 1 fully saturated rings. The van der Waals surface area contributed by atoms with Crippen LogP contribution >= 0.6 is 11.3 Å². The number of aryl methyl sites for hydroxylation is 1. The molecule has 1 heterocycles. The molecule has 1 aliphatic rings. The summed E-state index contributed by atoms with van der Waals surface area (Å²) >= 11 is 1.53. The fourth-order valence-electron chi connectivity index (χ4n) is 2.07. The summed E-state index contributed by atoms with van der Waals surface area (Å²) in [5.41, 5.74) is 1.74. The average Bonchev–Trinajstić information content (AvgIpc) is 3.25. The summed E-state index contributed by atoms with van der Waals surface area (Å²) in [6.45, 7) is 1.91. The number of amides is 2. The van der Waals surface area contributed by atoms with Crippen LogP contribution in [-0.2, 0) is 4.79 Å². The van der Waals surface area contributed by atoms with Gasteiger partial charge in [-0.3, -0.25) is 9.59 Å². The number of nitrogens with one attached hydrogen (secondary N) is 2. The van der Waals surface area contributed by atoms with Gasteiger partial charge in [-0.1, -0.05) is 12.1 Å². The largest absolute Gasteiger partial charge is 0.349 e. The molecule has 1 saturated carbocycles. The van der Waals surface area contributed by atoms with Gasteiger partial charge in [0.05, 0.1) is 22.0 Å². The first-order chi connectivity index (χ1) is 11.1. The van der Waals surface area contributed by atoms with E-state index in [1.807, 2.05) is 12.3 Å². The number of benzene rings is 1. The molecule has 2 N–H and O–H groups in total. The van der Waals surface area contributed by atoms with Gasteiger partial charge < -0.3 is 10.6 Å². The lowest BCUT2D eigenvalue weighted by molar-refractivity contribution is -0.111. The van der Waals surface area contributed by atoms with Gasteiger partial charge in [0, 0.05) is 17.5 Å². The number of hydrogen-bond acceptors (Lipinski definition) is 4. The van der Waals surface area contributed by atoms with Gasteiger partial charge in [0.1, 0.15) is 0 Å². The predicted molar refractivity (Wildman–Crippen MR) is 91.4 cm³/mol. The molecule has 3 rings (SSSR count). The van der Waals surface area contributed by atoms with Gasteiger partial charge in [-0.05, 0) is 38.0 Å². The Labute approximate surface area is 138 Å². The third kappa shape index (κ3) is 4.26. The van der Waals surface area contributed by atoms with Crippen LogP contribution in [0.25, 0.3) is 6.08 Å². The monoisotopic (exact) mass is 327 g/mol. The number of para-hydroxylation sites is 1. The summed E-state index contributed by atoms with van der Waals surface area (Å²) < 4.78 is 0. The summed E-state index contributed by atoms with van der Waals surface area (Å²) in [5, 5.41) is 8.51. The van der Waals surface area contributed by atoms with Gasteiger partial charge in [-0.15, -0.1) is 11.3 Å². The van der Waals surface area contributed by atoms with Crippen LogP contribution in [0.5, 0.6) is 0 Å². The van der Waals surface area contributed by atoms with Crippen molar-refractivity contribution in [2.24, 2.45) is 0 Å². The molecule has 118 valence electrons. The van der Waals surface area contributed by atoms with Crippen LogP contribution in [0.2, 0.25) is 0 Å². The molecule has 2 amide bonds. The summed E-state index contributed by atoms with van der Waals surface area (Å²) in [7, 11) is 0. The van der Waals surface area contributed by atoms with E-state index in [4.69, 9.17) is 0 Å². The smallest absolute Gasteiger partial charge is 0.253 e. The molecule has 6 heteroatoms. The first-order valence-electron chi connectivity index (χ1n) is 7.43. The van der Waals surface area contributed by atoms with E-state index in [0.29, 0.717) is 11.3 Å². The number of carbonyl (C=O) groups is 2. The highest BCUT2D eigenvalue weighted by Gasteiger charge is 2.24. The minimum Gasteiger partial charge on any atom is -0.349 e. The van der Waals surface area contributed by atoms with Crippen LogP contribution in [-0.4, -0.2) is 22.8 Å². The SMILES string of the molecule is Cc1nc(/C=C/C(=O)Nc2ccccc2C(=O)NC2CC2)cs1. The second kappa shape index (κ2) is 6.75. The zero-order chi connectivity index (χ0) is 16.2. The van der Waals surface area contributed by atoms with Gasteiger partial charge in [0.25, 0.3) is 5.91 Å². The summed E-state index contributed by atoms with van der Waals surface area (Å²) in [6, 6.07) is 7.28. The second-order valence-electron chi connectivity index (χ2n) is 5.41. The molecular weight excluding hydrogens is 310 g/mol. The highest BCUT2D eigenvalue weighted by atomic mass is 32.1. The Morgan fingerprint density at radius 2 is 2.09 bits per heavy atom. The van der Waals surface area contributed by atoms with Crippen LogP contribution < -0.4 is 10.6 Å². The van der Waals surface area contributed by atoms with E-state index in [2.05, 4.69) is 15.6 Å². The Morgan fingerprint density at radius 3 is 2.78 bits per heavy atom. The quantitative estimate of drug-likeness (QED) is 0.829. The van der Waals surface area contributed by atoms with Crippen molar-refractivity contribution in [3.63, 3.8) is 0 Å². The molecule has 0 bridgehead atoms. The number of hydrogen-bond donors (Lipinski definition) is 2. The number of carbonyl (C=O) groups excluding carboxylic acids is 2. The second-order valence-corrected chi connectivity index (χ2v) is 6.47. The molecule has 0 spiro atoms. The lowest BCUT2D eigenvalue weighted by Crippen LogP contribution is -2.26. The zero-order valence-electron chi connectivity index (χ0n) is 12.7. The van der Waals surface area contributed by atoms with Crippen molar-refractivity contribution in [2.75, 3.05) is 5.32 Å². The molecule has 0 atom stereocenters. The molecule has 1 aromatic heterocycles.